The third kappa shape index (κ3) is 3.93. The minimum atomic E-state index is -1.11. The standard InChI is InChI=1S/C6H9O3.Na/c1-3-5(4(2)7)6(8)9;/h3H2,1-2H3,(H,8,9);/q-1;+1. The molecule has 0 heterocycles. The van der Waals surface area contributed by atoms with E-state index in [2.05, 4.69) is 0 Å². The Balaban J connectivity index is 0. The maximum absolute atomic E-state index is 10.4. The number of carboxylic acid groups (broad SMARTS) is 1. The molecule has 0 saturated heterocycles. The summed E-state index contributed by atoms with van der Waals surface area (Å²) in [5, 5.41) is 8.29. The quantitative estimate of drug-likeness (QED) is 0.280. The van der Waals surface area contributed by atoms with Crippen LogP contribution in [0.3, 0.4) is 0 Å². The van der Waals surface area contributed by atoms with Crippen LogP contribution in [0.5, 0.6) is 0 Å². The zero-order valence-electron chi connectivity index (χ0n) is 6.47. The normalized spacial score (nSPS) is 7.80. The summed E-state index contributed by atoms with van der Waals surface area (Å²) in [5.74, 6) is -1.50. The molecule has 0 atom stereocenters. The Bertz CT molecular complexity index is 119. The topological polar surface area (TPSA) is 54.4 Å². The molecule has 0 aromatic carbocycles. The van der Waals surface area contributed by atoms with E-state index >= 15 is 0 Å². The van der Waals surface area contributed by atoms with Gasteiger partial charge in [-0.1, -0.05) is 6.92 Å². The van der Waals surface area contributed by atoms with E-state index in [0.717, 1.165) is 0 Å². The molecule has 0 aliphatic heterocycles. The van der Waals surface area contributed by atoms with Gasteiger partial charge >= 0.3 is 29.6 Å². The van der Waals surface area contributed by atoms with Crippen LogP contribution in [0, 0.1) is 5.92 Å². The Labute approximate surface area is 82.1 Å². The van der Waals surface area contributed by atoms with E-state index in [-0.39, 0.29) is 41.3 Å². The Morgan fingerprint density at radius 2 is 1.90 bits per heavy atom. The minimum Gasteiger partial charge on any atom is -0.503 e. The van der Waals surface area contributed by atoms with Crippen molar-refractivity contribution in [3.63, 3.8) is 0 Å². The Morgan fingerprint density at radius 1 is 1.50 bits per heavy atom. The third-order valence-electron chi connectivity index (χ3n) is 1.04. The fourth-order valence-corrected chi connectivity index (χ4v) is 0.551. The zero-order valence-corrected chi connectivity index (χ0v) is 8.47. The summed E-state index contributed by atoms with van der Waals surface area (Å²) in [6.07, 6.45) is 0.296. The maximum Gasteiger partial charge on any atom is 1.00 e. The molecule has 3 nitrogen and oxygen atoms in total. The number of rotatable bonds is 3. The molecule has 10 heavy (non-hydrogen) atoms. The van der Waals surface area contributed by atoms with Crippen LogP contribution in [0.25, 0.3) is 0 Å². The number of aliphatic carboxylic acids is 1. The van der Waals surface area contributed by atoms with E-state index in [4.69, 9.17) is 5.11 Å². The second-order valence-electron chi connectivity index (χ2n) is 1.69. The van der Waals surface area contributed by atoms with Gasteiger partial charge in [-0.3, -0.25) is 4.79 Å². The summed E-state index contributed by atoms with van der Waals surface area (Å²) in [6, 6.07) is 0. The SMILES string of the molecule is CC[C-](C(C)=O)C(=O)O.[Na+]. The molecule has 0 saturated carbocycles. The summed E-state index contributed by atoms with van der Waals surface area (Å²) in [5.41, 5.74) is 0. The van der Waals surface area contributed by atoms with Gasteiger partial charge in [0.05, 0.1) is 0 Å². The van der Waals surface area contributed by atoms with Gasteiger partial charge in [0.15, 0.2) is 5.97 Å². The molecule has 0 rings (SSSR count). The van der Waals surface area contributed by atoms with Gasteiger partial charge in [0, 0.05) is 5.78 Å². The average Bonchev–Trinajstić information content (AvgIpc) is 1.64. The van der Waals surface area contributed by atoms with E-state index in [1.54, 1.807) is 6.92 Å². The molecule has 0 bridgehead atoms. The van der Waals surface area contributed by atoms with Crippen LogP contribution in [0.4, 0.5) is 0 Å². The van der Waals surface area contributed by atoms with Crippen molar-refractivity contribution in [2.45, 2.75) is 20.3 Å². The molecule has 0 aromatic rings. The van der Waals surface area contributed by atoms with Crippen molar-refractivity contribution in [3.8, 4) is 0 Å². The molecule has 0 unspecified atom stereocenters. The zero-order chi connectivity index (χ0) is 7.44. The van der Waals surface area contributed by atoms with Crippen LogP contribution in [-0.4, -0.2) is 16.9 Å². The molecule has 0 spiro atoms. The van der Waals surface area contributed by atoms with Crippen LogP contribution in [0.2, 0.25) is 0 Å². The van der Waals surface area contributed by atoms with Gasteiger partial charge in [-0.2, -0.15) is 6.42 Å². The molecule has 0 aliphatic carbocycles. The first-order chi connectivity index (χ1) is 4.09. The van der Waals surface area contributed by atoms with E-state index in [1.165, 1.54) is 6.92 Å². The molecular weight excluding hydrogens is 143 g/mol. The first-order valence-electron chi connectivity index (χ1n) is 2.69. The largest absolute Gasteiger partial charge is 1.00 e. The smallest absolute Gasteiger partial charge is 0.503 e. The third-order valence-corrected chi connectivity index (χ3v) is 1.04. The fourth-order valence-electron chi connectivity index (χ4n) is 0.551. The van der Waals surface area contributed by atoms with Crippen molar-refractivity contribution in [2.24, 2.45) is 0 Å². The number of Topliss-reactive ketones (excluding diaryl/α,β-unsaturated/α-hetero) is 1. The number of ketones is 1. The van der Waals surface area contributed by atoms with E-state index in [0.29, 0.717) is 6.42 Å². The molecule has 0 radical (unpaired) electrons. The van der Waals surface area contributed by atoms with Crippen LogP contribution in [0.1, 0.15) is 20.3 Å². The molecule has 0 aromatic heterocycles. The monoisotopic (exact) mass is 152 g/mol. The summed E-state index contributed by atoms with van der Waals surface area (Å²) >= 11 is 0. The minimum absolute atomic E-state index is 0. The number of hydrogen-bond acceptors (Lipinski definition) is 2. The van der Waals surface area contributed by atoms with Gasteiger partial charge in [0.2, 0.25) is 0 Å². The van der Waals surface area contributed by atoms with Crippen molar-refractivity contribution >= 4 is 11.8 Å². The van der Waals surface area contributed by atoms with E-state index in [9.17, 15) is 9.59 Å². The summed E-state index contributed by atoms with van der Waals surface area (Å²) < 4.78 is 0. The fraction of sp³-hybridized carbons (Fsp3) is 0.500. The number of carboxylic acids is 1. The average molecular weight is 152 g/mol. The summed E-state index contributed by atoms with van der Waals surface area (Å²) in [6.45, 7) is 2.90. The second kappa shape index (κ2) is 5.77. The molecular formula is C6H9NaO3. The number of carbonyl (C=O) groups is 2. The Morgan fingerprint density at radius 3 is 1.90 bits per heavy atom. The molecule has 0 amide bonds. The summed E-state index contributed by atoms with van der Waals surface area (Å²) in [4.78, 5) is 20.5. The molecule has 0 fully saturated rings. The van der Waals surface area contributed by atoms with E-state index < -0.39 is 5.97 Å². The van der Waals surface area contributed by atoms with Crippen LogP contribution >= 0.6 is 0 Å². The maximum atomic E-state index is 10.4. The van der Waals surface area contributed by atoms with Crippen molar-refractivity contribution in [1.82, 2.24) is 0 Å². The van der Waals surface area contributed by atoms with Crippen LogP contribution in [0.15, 0.2) is 0 Å². The molecule has 0 aliphatic rings. The predicted octanol–water partition coefficient (Wildman–Crippen LogP) is -2.35. The van der Waals surface area contributed by atoms with E-state index in [1.807, 2.05) is 0 Å². The van der Waals surface area contributed by atoms with Crippen LogP contribution in [-0.2, 0) is 9.59 Å². The van der Waals surface area contributed by atoms with Crippen molar-refractivity contribution in [1.29, 1.82) is 0 Å². The van der Waals surface area contributed by atoms with Crippen molar-refractivity contribution < 1.29 is 44.3 Å². The number of hydrogen-bond donors (Lipinski definition) is 1. The summed E-state index contributed by atoms with van der Waals surface area (Å²) in [7, 11) is 0. The van der Waals surface area contributed by atoms with Gasteiger partial charge in [0.25, 0.3) is 0 Å². The molecule has 52 valence electrons. The number of carbonyl (C=O) groups excluding carboxylic acids is 1. The Kier molecular flexibility index (Phi) is 7.31. The van der Waals surface area contributed by atoms with Gasteiger partial charge in [0.1, 0.15) is 0 Å². The molecule has 1 N–H and O–H groups in total. The van der Waals surface area contributed by atoms with Gasteiger partial charge in [-0.15, -0.1) is 0 Å². The molecule has 4 heteroatoms. The van der Waals surface area contributed by atoms with Gasteiger partial charge in [-0.05, 0) is 6.92 Å². The second-order valence-corrected chi connectivity index (χ2v) is 1.69. The predicted molar refractivity (Wildman–Crippen MR) is 31.9 cm³/mol. The van der Waals surface area contributed by atoms with Gasteiger partial charge in [-0.25, -0.2) is 5.92 Å². The first kappa shape index (κ1) is 12.7. The van der Waals surface area contributed by atoms with Crippen molar-refractivity contribution in [3.05, 3.63) is 5.92 Å². The van der Waals surface area contributed by atoms with Crippen LogP contribution < -0.4 is 29.6 Å². The Hall–Kier alpha value is 0.0100. The first-order valence-corrected chi connectivity index (χ1v) is 2.69. The van der Waals surface area contributed by atoms with Crippen molar-refractivity contribution in [2.75, 3.05) is 0 Å². The van der Waals surface area contributed by atoms with Gasteiger partial charge < -0.3 is 9.90 Å².